The molecule has 0 atom stereocenters. The summed E-state index contributed by atoms with van der Waals surface area (Å²) >= 11 is 0. The average Bonchev–Trinajstić information content (AvgIpc) is 2.70. The Bertz CT molecular complexity index is 958. The van der Waals surface area contributed by atoms with Gasteiger partial charge in [-0.05, 0) is 60.7 Å². The maximum atomic E-state index is 13.7. The molecule has 0 spiro atoms. The summed E-state index contributed by atoms with van der Waals surface area (Å²) in [6.45, 7) is 0. The summed E-state index contributed by atoms with van der Waals surface area (Å²) in [6.07, 6.45) is 0. The van der Waals surface area contributed by atoms with Gasteiger partial charge in [0.2, 0.25) is 0 Å². The third kappa shape index (κ3) is 4.20. The minimum absolute atomic E-state index is 0.191. The summed E-state index contributed by atoms with van der Waals surface area (Å²) in [5.41, 5.74) is 1.24. The van der Waals surface area contributed by atoms with Crippen molar-refractivity contribution in [2.24, 2.45) is 0 Å². The molecule has 1 amide bonds. The second-order valence-corrected chi connectivity index (χ2v) is 5.61. The van der Waals surface area contributed by atoms with Crippen LogP contribution in [0.25, 0.3) is 0 Å². The second kappa shape index (κ2) is 7.82. The van der Waals surface area contributed by atoms with Crippen LogP contribution in [0.2, 0.25) is 0 Å². The number of amides is 1. The Morgan fingerprint density at radius 1 is 0.815 bits per heavy atom. The van der Waals surface area contributed by atoms with Crippen molar-refractivity contribution in [1.82, 2.24) is 0 Å². The van der Waals surface area contributed by atoms with Gasteiger partial charge in [0.1, 0.15) is 5.75 Å². The zero-order valence-corrected chi connectivity index (χ0v) is 14.2. The minimum Gasteiger partial charge on any atom is -0.497 e. The number of hydrogen-bond donors (Lipinski definition) is 2. The topological polar surface area (TPSA) is 50.4 Å². The molecule has 0 fully saturated rings. The smallest absolute Gasteiger partial charge is 0.255 e. The van der Waals surface area contributed by atoms with Crippen molar-refractivity contribution >= 4 is 23.0 Å². The molecule has 3 aromatic carbocycles. The quantitative estimate of drug-likeness (QED) is 0.612. The maximum absolute atomic E-state index is 13.7. The fourth-order valence-electron chi connectivity index (χ4n) is 2.36. The third-order valence-electron chi connectivity index (χ3n) is 3.81. The molecule has 0 aliphatic carbocycles. The van der Waals surface area contributed by atoms with E-state index >= 15 is 0 Å². The molecule has 0 saturated heterocycles. The largest absolute Gasteiger partial charge is 0.497 e. The average molecular weight is 372 g/mol. The lowest BCUT2D eigenvalue weighted by Crippen LogP contribution is -2.11. The SMILES string of the molecule is COc1ccc(C(=O)Nc2ccc(Nc3ccc(F)c(F)c3F)cc2)cc1. The molecule has 3 aromatic rings. The Labute approximate surface area is 153 Å². The van der Waals surface area contributed by atoms with E-state index in [0.717, 1.165) is 12.1 Å². The lowest BCUT2D eigenvalue weighted by atomic mass is 10.2. The summed E-state index contributed by atoms with van der Waals surface area (Å²) in [6, 6.07) is 14.9. The number of ether oxygens (including phenoxy) is 1. The fourth-order valence-corrected chi connectivity index (χ4v) is 2.36. The zero-order valence-electron chi connectivity index (χ0n) is 14.2. The van der Waals surface area contributed by atoms with Crippen molar-refractivity contribution in [2.45, 2.75) is 0 Å². The fraction of sp³-hybridized carbons (Fsp3) is 0.0500. The first-order valence-electron chi connectivity index (χ1n) is 7.94. The predicted molar refractivity (Wildman–Crippen MR) is 97.0 cm³/mol. The highest BCUT2D eigenvalue weighted by molar-refractivity contribution is 6.04. The van der Waals surface area contributed by atoms with Gasteiger partial charge in [-0.3, -0.25) is 4.79 Å². The third-order valence-corrected chi connectivity index (χ3v) is 3.81. The summed E-state index contributed by atoms with van der Waals surface area (Å²) in [4.78, 5) is 12.2. The van der Waals surface area contributed by atoms with Crippen LogP contribution in [0.1, 0.15) is 10.4 Å². The first kappa shape index (κ1) is 18.3. The number of carbonyl (C=O) groups is 1. The number of benzene rings is 3. The summed E-state index contributed by atoms with van der Waals surface area (Å²) in [7, 11) is 1.54. The van der Waals surface area contributed by atoms with Gasteiger partial charge < -0.3 is 15.4 Å². The van der Waals surface area contributed by atoms with Crippen molar-refractivity contribution in [2.75, 3.05) is 17.7 Å². The Balaban J connectivity index is 1.68. The number of nitrogens with one attached hydrogen (secondary N) is 2. The number of rotatable bonds is 5. The molecule has 0 aromatic heterocycles. The number of methoxy groups -OCH3 is 1. The van der Waals surface area contributed by atoms with Crippen LogP contribution in [-0.2, 0) is 0 Å². The normalized spacial score (nSPS) is 10.4. The van der Waals surface area contributed by atoms with Gasteiger partial charge in [0.05, 0.1) is 12.8 Å². The van der Waals surface area contributed by atoms with E-state index < -0.39 is 17.5 Å². The summed E-state index contributed by atoms with van der Waals surface area (Å²) in [5, 5.41) is 5.38. The molecule has 0 bridgehead atoms. The van der Waals surface area contributed by atoms with Crippen molar-refractivity contribution in [3.8, 4) is 5.75 Å². The first-order chi connectivity index (χ1) is 13.0. The van der Waals surface area contributed by atoms with Crippen molar-refractivity contribution < 1.29 is 22.7 Å². The van der Waals surface area contributed by atoms with Crippen LogP contribution in [0.15, 0.2) is 60.7 Å². The molecule has 0 saturated carbocycles. The molecule has 27 heavy (non-hydrogen) atoms. The standard InChI is InChI=1S/C20H15F3N2O2/c1-27-15-8-2-12(3-9-15)20(26)25-14-6-4-13(5-7-14)24-17-11-10-16(21)18(22)19(17)23/h2-11,24H,1H3,(H,25,26). The summed E-state index contributed by atoms with van der Waals surface area (Å²) < 4.78 is 45.0. The van der Waals surface area contributed by atoms with Gasteiger partial charge >= 0.3 is 0 Å². The van der Waals surface area contributed by atoms with Crippen LogP contribution in [0.4, 0.5) is 30.2 Å². The second-order valence-electron chi connectivity index (χ2n) is 5.61. The number of halogens is 3. The van der Waals surface area contributed by atoms with Gasteiger partial charge in [0.15, 0.2) is 17.5 Å². The predicted octanol–water partition coefficient (Wildman–Crippen LogP) is 5.11. The molecule has 4 nitrogen and oxygen atoms in total. The summed E-state index contributed by atoms with van der Waals surface area (Å²) in [5.74, 6) is -3.75. The molecule has 2 N–H and O–H groups in total. The van der Waals surface area contributed by atoms with Crippen molar-refractivity contribution in [3.05, 3.63) is 83.7 Å². The molecule has 0 radical (unpaired) electrons. The van der Waals surface area contributed by atoms with Crippen LogP contribution >= 0.6 is 0 Å². The number of anilines is 3. The molecular formula is C20H15F3N2O2. The van der Waals surface area contributed by atoms with Crippen LogP contribution in [0, 0.1) is 17.5 Å². The molecule has 3 rings (SSSR count). The van der Waals surface area contributed by atoms with Crippen molar-refractivity contribution in [1.29, 1.82) is 0 Å². The molecule has 0 unspecified atom stereocenters. The minimum atomic E-state index is -1.54. The van der Waals surface area contributed by atoms with E-state index in [-0.39, 0.29) is 11.6 Å². The molecule has 7 heteroatoms. The van der Waals surface area contributed by atoms with Crippen LogP contribution in [0.5, 0.6) is 5.75 Å². The van der Waals surface area contributed by atoms with Gasteiger partial charge in [-0.15, -0.1) is 0 Å². The van der Waals surface area contributed by atoms with E-state index in [9.17, 15) is 18.0 Å². The highest BCUT2D eigenvalue weighted by Crippen LogP contribution is 2.24. The maximum Gasteiger partial charge on any atom is 0.255 e. The van der Waals surface area contributed by atoms with Gasteiger partial charge in [0, 0.05) is 16.9 Å². The molecule has 138 valence electrons. The van der Waals surface area contributed by atoms with Crippen LogP contribution in [0.3, 0.4) is 0 Å². The Morgan fingerprint density at radius 3 is 2.07 bits per heavy atom. The lowest BCUT2D eigenvalue weighted by Gasteiger charge is -2.10. The number of carbonyl (C=O) groups excluding carboxylic acids is 1. The number of hydrogen-bond acceptors (Lipinski definition) is 3. The van der Waals surface area contributed by atoms with Gasteiger partial charge in [-0.2, -0.15) is 0 Å². The monoisotopic (exact) mass is 372 g/mol. The Morgan fingerprint density at radius 2 is 1.44 bits per heavy atom. The van der Waals surface area contributed by atoms with Gasteiger partial charge in [-0.25, -0.2) is 13.2 Å². The highest BCUT2D eigenvalue weighted by Gasteiger charge is 2.13. The van der Waals surface area contributed by atoms with E-state index in [4.69, 9.17) is 4.74 Å². The van der Waals surface area contributed by atoms with Crippen molar-refractivity contribution in [3.63, 3.8) is 0 Å². The molecule has 0 aliphatic heterocycles. The molecular weight excluding hydrogens is 357 g/mol. The Hall–Kier alpha value is -3.48. The van der Waals surface area contributed by atoms with E-state index in [1.807, 2.05) is 0 Å². The Kier molecular flexibility index (Phi) is 5.30. The van der Waals surface area contributed by atoms with E-state index in [1.165, 1.54) is 7.11 Å². The van der Waals surface area contributed by atoms with E-state index in [1.54, 1.807) is 48.5 Å². The molecule has 0 aliphatic rings. The van der Waals surface area contributed by atoms with E-state index in [2.05, 4.69) is 10.6 Å². The van der Waals surface area contributed by atoms with Gasteiger partial charge in [-0.1, -0.05) is 0 Å². The molecule has 0 heterocycles. The zero-order chi connectivity index (χ0) is 19.4. The van der Waals surface area contributed by atoms with Crippen LogP contribution in [-0.4, -0.2) is 13.0 Å². The van der Waals surface area contributed by atoms with Gasteiger partial charge in [0.25, 0.3) is 5.91 Å². The van der Waals surface area contributed by atoms with E-state index in [0.29, 0.717) is 22.7 Å². The highest BCUT2D eigenvalue weighted by atomic mass is 19.2. The first-order valence-corrected chi connectivity index (χ1v) is 7.94. The van der Waals surface area contributed by atoms with Crippen LogP contribution < -0.4 is 15.4 Å². The lowest BCUT2D eigenvalue weighted by molar-refractivity contribution is 0.102.